The highest BCUT2D eigenvalue weighted by Gasteiger charge is 2.29. The van der Waals surface area contributed by atoms with Gasteiger partial charge in [0.1, 0.15) is 0 Å². The van der Waals surface area contributed by atoms with E-state index in [0.29, 0.717) is 12.2 Å². The minimum Gasteiger partial charge on any atom is -0.383 e. The first-order valence-corrected chi connectivity index (χ1v) is 6.38. The van der Waals surface area contributed by atoms with Gasteiger partial charge in [-0.15, -0.1) is 0 Å². The Morgan fingerprint density at radius 3 is 2.15 bits per heavy atom. The molecule has 2 N–H and O–H groups in total. The number of alkyl halides is 3. The maximum Gasteiger partial charge on any atom is 0.416 e. The fraction of sp³-hybridized carbons (Fsp3) is 0.500. The van der Waals surface area contributed by atoms with Crippen LogP contribution in [-0.2, 0) is 11.0 Å². The molecule has 1 atom stereocenters. The average molecular weight is 288 g/mol. The molecule has 1 amide bonds. The number of halogens is 3. The van der Waals surface area contributed by atoms with E-state index >= 15 is 0 Å². The second kappa shape index (κ2) is 6.63. The molecular formula is C14H19F3N2O. The lowest BCUT2D eigenvalue weighted by atomic mass is 10.0. The quantitative estimate of drug-likeness (QED) is 0.873. The number of benzene rings is 1. The van der Waals surface area contributed by atoms with Crippen molar-refractivity contribution >= 4 is 11.6 Å². The van der Waals surface area contributed by atoms with Gasteiger partial charge in [-0.25, -0.2) is 0 Å². The fourth-order valence-electron chi connectivity index (χ4n) is 1.72. The van der Waals surface area contributed by atoms with E-state index < -0.39 is 11.7 Å². The molecule has 1 rings (SSSR count). The zero-order chi connectivity index (χ0) is 15.3. The van der Waals surface area contributed by atoms with Crippen LogP contribution < -0.4 is 10.6 Å². The van der Waals surface area contributed by atoms with Crippen molar-refractivity contribution in [3.05, 3.63) is 29.8 Å². The van der Waals surface area contributed by atoms with E-state index in [9.17, 15) is 18.0 Å². The zero-order valence-corrected chi connectivity index (χ0v) is 11.7. The van der Waals surface area contributed by atoms with Crippen LogP contribution in [0.5, 0.6) is 0 Å². The van der Waals surface area contributed by atoms with E-state index in [1.54, 1.807) is 0 Å². The van der Waals surface area contributed by atoms with Crippen LogP contribution in [-0.4, -0.2) is 18.5 Å². The van der Waals surface area contributed by atoms with Gasteiger partial charge in [0.05, 0.1) is 5.56 Å². The molecule has 0 heterocycles. The second-order valence-electron chi connectivity index (χ2n) is 5.01. The summed E-state index contributed by atoms with van der Waals surface area (Å²) in [5.74, 6) is 0.0961. The minimum atomic E-state index is -4.32. The van der Waals surface area contributed by atoms with Crippen molar-refractivity contribution in [3.8, 4) is 0 Å². The van der Waals surface area contributed by atoms with Gasteiger partial charge < -0.3 is 10.6 Å². The predicted octanol–water partition coefficient (Wildman–Crippen LogP) is 3.28. The van der Waals surface area contributed by atoms with Crippen LogP contribution in [0.3, 0.4) is 0 Å². The molecule has 3 nitrogen and oxygen atoms in total. The number of anilines is 1. The first-order valence-electron chi connectivity index (χ1n) is 6.38. The van der Waals surface area contributed by atoms with Crippen molar-refractivity contribution in [1.82, 2.24) is 5.32 Å². The Hall–Kier alpha value is -1.72. The molecule has 0 bridgehead atoms. The number of nitrogens with one attached hydrogen (secondary N) is 2. The first kappa shape index (κ1) is 16.3. The molecule has 0 aliphatic carbocycles. The molecule has 0 saturated heterocycles. The lowest BCUT2D eigenvalue weighted by Crippen LogP contribution is -2.42. The molecule has 0 unspecified atom stereocenters. The van der Waals surface area contributed by atoms with Crippen molar-refractivity contribution in [1.29, 1.82) is 0 Å². The highest BCUT2D eigenvalue weighted by Crippen LogP contribution is 2.29. The van der Waals surface area contributed by atoms with Crippen LogP contribution in [0.2, 0.25) is 0 Å². The third-order valence-corrected chi connectivity index (χ3v) is 2.93. The summed E-state index contributed by atoms with van der Waals surface area (Å²) in [7, 11) is 0. The largest absolute Gasteiger partial charge is 0.416 e. The molecule has 0 aliphatic heterocycles. The molecule has 0 saturated carbocycles. The Bertz CT molecular complexity index is 441. The number of rotatable bonds is 5. The summed E-state index contributed by atoms with van der Waals surface area (Å²) < 4.78 is 37.2. The maximum atomic E-state index is 12.4. The molecule has 112 valence electrons. The normalized spacial score (nSPS) is 13.2. The van der Waals surface area contributed by atoms with Crippen LogP contribution in [0.4, 0.5) is 18.9 Å². The summed E-state index contributed by atoms with van der Waals surface area (Å²) >= 11 is 0. The van der Waals surface area contributed by atoms with E-state index in [1.165, 1.54) is 19.1 Å². The smallest absolute Gasteiger partial charge is 0.383 e. The van der Waals surface area contributed by atoms with Crippen LogP contribution in [0.15, 0.2) is 24.3 Å². The lowest BCUT2D eigenvalue weighted by molar-refractivity contribution is -0.137. The van der Waals surface area contributed by atoms with E-state index in [-0.39, 0.29) is 17.9 Å². The van der Waals surface area contributed by atoms with Gasteiger partial charge in [0.25, 0.3) is 0 Å². The average Bonchev–Trinajstić information content (AvgIpc) is 2.33. The fourth-order valence-corrected chi connectivity index (χ4v) is 1.72. The molecule has 0 radical (unpaired) electrons. The number of hydrogen-bond donors (Lipinski definition) is 2. The molecule has 1 aromatic carbocycles. The Kier molecular flexibility index (Phi) is 5.42. The van der Waals surface area contributed by atoms with E-state index in [2.05, 4.69) is 10.6 Å². The monoisotopic (exact) mass is 288 g/mol. The third-order valence-electron chi connectivity index (χ3n) is 2.93. The molecule has 20 heavy (non-hydrogen) atoms. The summed E-state index contributed by atoms with van der Waals surface area (Å²) in [6.07, 6.45) is -4.32. The number of carbonyl (C=O) groups excluding carboxylic acids is 1. The molecule has 1 aromatic rings. The third kappa shape index (κ3) is 5.11. The van der Waals surface area contributed by atoms with E-state index in [1.807, 2.05) is 13.8 Å². The van der Waals surface area contributed by atoms with E-state index in [4.69, 9.17) is 0 Å². The molecule has 0 aliphatic rings. The molecular weight excluding hydrogens is 269 g/mol. The first-order chi connectivity index (χ1) is 9.20. The van der Waals surface area contributed by atoms with Gasteiger partial charge in [-0.3, -0.25) is 4.79 Å². The Morgan fingerprint density at radius 1 is 1.20 bits per heavy atom. The van der Waals surface area contributed by atoms with Crippen molar-refractivity contribution in [2.45, 2.75) is 33.0 Å². The van der Waals surface area contributed by atoms with Gasteiger partial charge in [-0.1, -0.05) is 13.8 Å². The van der Waals surface area contributed by atoms with Crippen molar-refractivity contribution in [3.63, 3.8) is 0 Å². The number of amides is 1. The van der Waals surface area contributed by atoms with Gasteiger partial charge in [0, 0.05) is 25.2 Å². The second-order valence-corrected chi connectivity index (χ2v) is 5.01. The summed E-state index contributed by atoms with van der Waals surface area (Å²) in [6, 6.07) is 4.76. The summed E-state index contributed by atoms with van der Waals surface area (Å²) in [5.41, 5.74) is -0.0840. The van der Waals surface area contributed by atoms with Crippen LogP contribution >= 0.6 is 0 Å². The summed E-state index contributed by atoms with van der Waals surface area (Å²) in [6.45, 7) is 5.83. The van der Waals surface area contributed by atoms with Gasteiger partial charge in [-0.05, 0) is 30.2 Å². The topological polar surface area (TPSA) is 41.1 Å². The Labute approximate surface area is 116 Å². The van der Waals surface area contributed by atoms with Gasteiger partial charge in [0.2, 0.25) is 5.91 Å². The molecule has 6 heteroatoms. The standard InChI is InChI=1S/C14H19F3N2O/c1-9(2)13(19-10(3)20)8-18-12-6-4-11(5-7-12)14(15,16)17/h4-7,9,13,18H,8H2,1-3H3,(H,19,20)/t13-/m0/s1. The van der Waals surface area contributed by atoms with Crippen LogP contribution in [0.25, 0.3) is 0 Å². The Morgan fingerprint density at radius 2 is 1.75 bits per heavy atom. The van der Waals surface area contributed by atoms with Crippen molar-refractivity contribution in [2.24, 2.45) is 5.92 Å². The van der Waals surface area contributed by atoms with Crippen LogP contribution in [0.1, 0.15) is 26.3 Å². The van der Waals surface area contributed by atoms with Crippen molar-refractivity contribution < 1.29 is 18.0 Å². The van der Waals surface area contributed by atoms with Gasteiger partial charge >= 0.3 is 6.18 Å². The zero-order valence-electron chi connectivity index (χ0n) is 11.7. The molecule has 0 fully saturated rings. The summed E-state index contributed by atoms with van der Waals surface area (Å²) in [5, 5.41) is 5.83. The molecule has 0 spiro atoms. The van der Waals surface area contributed by atoms with E-state index in [0.717, 1.165) is 12.1 Å². The number of hydrogen-bond acceptors (Lipinski definition) is 2. The number of carbonyl (C=O) groups is 1. The summed E-state index contributed by atoms with van der Waals surface area (Å²) in [4.78, 5) is 11.1. The highest BCUT2D eigenvalue weighted by molar-refractivity contribution is 5.73. The predicted molar refractivity (Wildman–Crippen MR) is 72.4 cm³/mol. The van der Waals surface area contributed by atoms with Gasteiger partial charge in [-0.2, -0.15) is 13.2 Å². The SMILES string of the molecule is CC(=O)N[C@@H](CNc1ccc(C(F)(F)F)cc1)C(C)C. The molecule has 0 aromatic heterocycles. The van der Waals surface area contributed by atoms with Crippen LogP contribution in [0, 0.1) is 5.92 Å². The van der Waals surface area contributed by atoms with Gasteiger partial charge in [0.15, 0.2) is 0 Å². The highest BCUT2D eigenvalue weighted by atomic mass is 19.4. The van der Waals surface area contributed by atoms with Crippen molar-refractivity contribution in [2.75, 3.05) is 11.9 Å². The minimum absolute atomic E-state index is 0.0743. The lowest BCUT2D eigenvalue weighted by Gasteiger charge is -2.22. The Balaban J connectivity index is 2.62. The maximum absolute atomic E-state index is 12.4.